The second kappa shape index (κ2) is 7.57. The zero-order valence-electron chi connectivity index (χ0n) is 12.4. The molecular formula is C15H20Cl2N2O2. The molecule has 21 heavy (non-hydrogen) atoms. The molecule has 0 fully saturated rings. The van der Waals surface area contributed by atoms with Gasteiger partial charge in [-0.3, -0.25) is 0 Å². The molecule has 0 bridgehead atoms. The van der Waals surface area contributed by atoms with Gasteiger partial charge in [-0.15, -0.1) is 0 Å². The Balaban J connectivity index is 2.43. The number of hydrogen-bond acceptors (Lipinski definition) is 3. The molecule has 0 unspecified atom stereocenters. The van der Waals surface area contributed by atoms with Gasteiger partial charge in [0.1, 0.15) is 5.60 Å². The Kier molecular flexibility index (Phi) is 6.37. The standard InChI is InChI=1S/C15H20Cl2N2O2/c1-15(2,3)21-14(20)19-9-5-4-6-10-7-8-11(18)13(17)12(10)16/h4,6-8H,5,9,18H2,1-3H3,(H,19,20). The first kappa shape index (κ1) is 17.7. The summed E-state index contributed by atoms with van der Waals surface area (Å²) in [5.41, 5.74) is 6.39. The number of amides is 1. The number of nitrogens with two attached hydrogens (primary N) is 1. The average Bonchev–Trinajstić information content (AvgIpc) is 2.36. The van der Waals surface area contributed by atoms with Crippen molar-refractivity contribution in [2.24, 2.45) is 0 Å². The van der Waals surface area contributed by atoms with Crippen LogP contribution in [0.5, 0.6) is 0 Å². The van der Waals surface area contributed by atoms with Crippen LogP contribution in [0.1, 0.15) is 32.8 Å². The molecule has 0 aromatic heterocycles. The molecule has 4 nitrogen and oxygen atoms in total. The smallest absolute Gasteiger partial charge is 0.407 e. The molecule has 0 radical (unpaired) electrons. The van der Waals surface area contributed by atoms with Gasteiger partial charge in [-0.1, -0.05) is 41.4 Å². The fraction of sp³-hybridized carbons (Fsp3) is 0.400. The molecule has 3 N–H and O–H groups in total. The lowest BCUT2D eigenvalue weighted by Gasteiger charge is -2.19. The van der Waals surface area contributed by atoms with E-state index in [4.69, 9.17) is 33.7 Å². The van der Waals surface area contributed by atoms with Gasteiger partial charge in [0.15, 0.2) is 0 Å². The second-order valence-electron chi connectivity index (χ2n) is 5.49. The predicted molar refractivity (Wildman–Crippen MR) is 88.8 cm³/mol. The Hall–Kier alpha value is -1.39. The van der Waals surface area contributed by atoms with Crippen molar-refractivity contribution >= 4 is 41.1 Å². The molecule has 0 saturated heterocycles. The topological polar surface area (TPSA) is 64.3 Å². The third-order valence-electron chi connectivity index (χ3n) is 2.42. The molecule has 0 spiro atoms. The maximum Gasteiger partial charge on any atom is 0.407 e. The molecule has 0 saturated carbocycles. The third-order valence-corrected chi connectivity index (χ3v) is 3.33. The van der Waals surface area contributed by atoms with Crippen LogP contribution in [0.3, 0.4) is 0 Å². The number of carbonyl (C=O) groups is 1. The fourth-order valence-corrected chi connectivity index (χ4v) is 1.90. The molecule has 0 aliphatic carbocycles. The number of alkyl carbamates (subject to hydrolysis) is 1. The highest BCUT2D eigenvalue weighted by Gasteiger charge is 2.15. The number of ether oxygens (including phenoxy) is 1. The summed E-state index contributed by atoms with van der Waals surface area (Å²) < 4.78 is 5.12. The number of rotatable bonds is 4. The number of halogens is 2. The Morgan fingerprint density at radius 1 is 1.33 bits per heavy atom. The van der Waals surface area contributed by atoms with Crippen LogP contribution in [0.4, 0.5) is 10.5 Å². The zero-order chi connectivity index (χ0) is 16.0. The highest BCUT2D eigenvalue weighted by atomic mass is 35.5. The lowest BCUT2D eigenvalue weighted by atomic mass is 10.2. The Labute approximate surface area is 135 Å². The highest BCUT2D eigenvalue weighted by molar-refractivity contribution is 6.44. The fourth-order valence-electron chi connectivity index (χ4n) is 1.49. The molecule has 1 rings (SSSR count). The number of anilines is 1. The van der Waals surface area contributed by atoms with Crippen LogP contribution < -0.4 is 11.1 Å². The van der Waals surface area contributed by atoms with Crippen LogP contribution in [0.15, 0.2) is 18.2 Å². The minimum atomic E-state index is -0.492. The van der Waals surface area contributed by atoms with E-state index in [0.29, 0.717) is 28.7 Å². The predicted octanol–water partition coefficient (Wildman–Crippen LogP) is 4.50. The van der Waals surface area contributed by atoms with E-state index >= 15 is 0 Å². The summed E-state index contributed by atoms with van der Waals surface area (Å²) in [6.45, 7) is 5.93. The van der Waals surface area contributed by atoms with Gasteiger partial charge in [-0.2, -0.15) is 0 Å². The lowest BCUT2D eigenvalue weighted by molar-refractivity contribution is 0.0529. The van der Waals surface area contributed by atoms with E-state index in [-0.39, 0.29) is 0 Å². The van der Waals surface area contributed by atoms with E-state index in [1.165, 1.54) is 0 Å². The van der Waals surface area contributed by atoms with E-state index in [1.807, 2.05) is 32.9 Å². The molecule has 1 amide bonds. The van der Waals surface area contributed by atoms with Crippen molar-refractivity contribution in [1.82, 2.24) is 5.32 Å². The van der Waals surface area contributed by atoms with Crippen molar-refractivity contribution in [1.29, 1.82) is 0 Å². The monoisotopic (exact) mass is 330 g/mol. The Bertz CT molecular complexity index is 537. The van der Waals surface area contributed by atoms with Crippen molar-refractivity contribution in [2.45, 2.75) is 32.8 Å². The van der Waals surface area contributed by atoms with Gasteiger partial charge in [0.05, 0.1) is 15.7 Å². The van der Waals surface area contributed by atoms with Crippen molar-refractivity contribution in [3.05, 3.63) is 33.8 Å². The normalized spacial score (nSPS) is 11.7. The average molecular weight is 331 g/mol. The Morgan fingerprint density at radius 3 is 2.62 bits per heavy atom. The first-order valence-electron chi connectivity index (χ1n) is 6.57. The number of nitrogens with one attached hydrogen (secondary N) is 1. The van der Waals surface area contributed by atoms with Gasteiger partial charge < -0.3 is 15.8 Å². The van der Waals surface area contributed by atoms with Gasteiger partial charge in [-0.25, -0.2) is 4.79 Å². The minimum absolute atomic E-state index is 0.352. The summed E-state index contributed by atoms with van der Waals surface area (Å²) >= 11 is 12.0. The molecule has 0 heterocycles. The van der Waals surface area contributed by atoms with Gasteiger partial charge in [0.2, 0.25) is 0 Å². The zero-order valence-corrected chi connectivity index (χ0v) is 13.9. The Morgan fingerprint density at radius 2 is 2.00 bits per heavy atom. The molecular weight excluding hydrogens is 311 g/mol. The molecule has 1 aromatic rings. The number of hydrogen-bond donors (Lipinski definition) is 2. The van der Waals surface area contributed by atoms with Crippen molar-refractivity contribution in [3.8, 4) is 0 Å². The first-order chi connectivity index (χ1) is 9.70. The van der Waals surface area contributed by atoms with E-state index in [1.54, 1.807) is 12.1 Å². The number of carbonyl (C=O) groups excluding carboxylic acids is 1. The van der Waals surface area contributed by atoms with E-state index in [0.717, 1.165) is 5.56 Å². The lowest BCUT2D eigenvalue weighted by Crippen LogP contribution is -2.32. The number of benzene rings is 1. The summed E-state index contributed by atoms with van der Waals surface area (Å²) in [7, 11) is 0. The van der Waals surface area contributed by atoms with E-state index in [9.17, 15) is 4.79 Å². The van der Waals surface area contributed by atoms with Crippen molar-refractivity contribution in [3.63, 3.8) is 0 Å². The van der Waals surface area contributed by atoms with Gasteiger partial charge >= 0.3 is 6.09 Å². The highest BCUT2D eigenvalue weighted by Crippen LogP contribution is 2.31. The van der Waals surface area contributed by atoms with E-state index in [2.05, 4.69) is 5.32 Å². The summed E-state index contributed by atoms with van der Waals surface area (Å²) in [4.78, 5) is 11.4. The van der Waals surface area contributed by atoms with Crippen LogP contribution in [-0.2, 0) is 4.74 Å². The van der Waals surface area contributed by atoms with Crippen LogP contribution in [0, 0.1) is 0 Å². The molecule has 0 aliphatic heterocycles. The van der Waals surface area contributed by atoms with Gasteiger partial charge in [0.25, 0.3) is 0 Å². The third kappa shape index (κ3) is 6.27. The largest absolute Gasteiger partial charge is 0.444 e. The van der Waals surface area contributed by atoms with E-state index < -0.39 is 11.7 Å². The van der Waals surface area contributed by atoms with Crippen LogP contribution in [0.2, 0.25) is 10.0 Å². The van der Waals surface area contributed by atoms with Gasteiger partial charge in [-0.05, 0) is 38.8 Å². The SMILES string of the molecule is CC(C)(C)OC(=O)NCCC=Cc1ccc(N)c(Cl)c1Cl. The number of nitrogen functional groups attached to an aromatic ring is 1. The summed E-state index contributed by atoms with van der Waals surface area (Å²) in [6.07, 6.45) is 3.96. The second-order valence-corrected chi connectivity index (χ2v) is 6.25. The molecule has 0 atom stereocenters. The summed E-state index contributed by atoms with van der Waals surface area (Å²) in [6, 6.07) is 3.49. The molecule has 0 aliphatic rings. The van der Waals surface area contributed by atoms with Crippen molar-refractivity contribution < 1.29 is 9.53 Å². The van der Waals surface area contributed by atoms with Crippen LogP contribution in [0.25, 0.3) is 6.08 Å². The minimum Gasteiger partial charge on any atom is -0.444 e. The van der Waals surface area contributed by atoms with Crippen LogP contribution >= 0.6 is 23.2 Å². The molecule has 6 heteroatoms. The summed E-state index contributed by atoms with van der Waals surface area (Å²) in [5.74, 6) is 0. The maximum atomic E-state index is 11.4. The summed E-state index contributed by atoms with van der Waals surface area (Å²) in [5, 5.41) is 3.45. The van der Waals surface area contributed by atoms with Crippen LogP contribution in [-0.4, -0.2) is 18.2 Å². The van der Waals surface area contributed by atoms with Crippen molar-refractivity contribution in [2.75, 3.05) is 12.3 Å². The first-order valence-corrected chi connectivity index (χ1v) is 7.33. The quantitative estimate of drug-likeness (QED) is 0.630. The molecule has 1 aromatic carbocycles. The molecule has 116 valence electrons. The van der Waals surface area contributed by atoms with Gasteiger partial charge in [0, 0.05) is 6.54 Å². The maximum absolute atomic E-state index is 11.4.